The molecule has 0 amide bonds. The average molecular weight is 279 g/mol. The summed E-state index contributed by atoms with van der Waals surface area (Å²) in [4.78, 5) is 16.7. The van der Waals surface area contributed by atoms with Gasteiger partial charge in [0.15, 0.2) is 0 Å². The molecule has 0 fully saturated rings. The molecule has 98 valence electrons. The minimum atomic E-state index is 0.0442. The molecule has 3 aromatic rings. The van der Waals surface area contributed by atoms with E-state index in [-0.39, 0.29) is 4.74 Å². The van der Waals surface area contributed by atoms with Gasteiger partial charge in [0, 0.05) is 11.8 Å². The monoisotopic (exact) mass is 279 g/mol. The van der Waals surface area contributed by atoms with Gasteiger partial charge in [-0.1, -0.05) is 71.5 Å². The van der Waals surface area contributed by atoms with E-state index in [0.29, 0.717) is 5.56 Å². The fourth-order valence-corrected chi connectivity index (χ4v) is 2.80. The Bertz CT molecular complexity index is 776. The number of aryl methyl sites for hydroxylation is 1. The molecule has 0 aliphatic heterocycles. The van der Waals surface area contributed by atoms with Crippen LogP contribution >= 0.6 is 11.3 Å². The minimum Gasteiger partial charge on any atom is -0.277 e. The predicted molar refractivity (Wildman–Crippen MR) is 84.0 cm³/mol. The van der Waals surface area contributed by atoms with Crippen LogP contribution in [0.5, 0.6) is 0 Å². The first-order valence-electron chi connectivity index (χ1n) is 6.36. The number of hydrogen-bond acceptors (Lipinski definition) is 3. The fourth-order valence-electron chi connectivity index (χ4n) is 1.98. The molecule has 0 radical (unpaired) electrons. The van der Waals surface area contributed by atoms with Crippen molar-refractivity contribution in [1.29, 1.82) is 0 Å². The van der Waals surface area contributed by atoms with Crippen molar-refractivity contribution in [2.24, 2.45) is 0 Å². The van der Waals surface area contributed by atoms with Gasteiger partial charge in [0.25, 0.3) is 0 Å². The maximum Gasteiger partial charge on any atom is 0.243 e. The zero-order chi connectivity index (χ0) is 13.9. The molecule has 3 heteroatoms. The summed E-state index contributed by atoms with van der Waals surface area (Å²) in [6.45, 7) is 2.03. The van der Waals surface area contributed by atoms with E-state index in [1.165, 1.54) is 16.9 Å². The highest BCUT2D eigenvalue weighted by atomic mass is 32.1. The van der Waals surface area contributed by atoms with Crippen molar-refractivity contribution in [2.45, 2.75) is 6.92 Å². The third-order valence-corrected chi connectivity index (χ3v) is 4.04. The van der Waals surface area contributed by atoms with E-state index < -0.39 is 0 Å². The molecule has 0 N–H and O–H groups in total. The lowest BCUT2D eigenvalue weighted by atomic mass is 10.1. The maximum absolute atomic E-state index is 12.3. The topological polar surface area (TPSA) is 30.0 Å². The molecule has 1 heterocycles. The van der Waals surface area contributed by atoms with E-state index in [1.807, 2.05) is 61.5 Å². The molecule has 0 aliphatic rings. The average Bonchev–Trinajstić information content (AvgIpc) is 2.49. The van der Waals surface area contributed by atoms with E-state index in [0.717, 1.165) is 16.1 Å². The Morgan fingerprint density at radius 3 is 2.25 bits per heavy atom. The van der Waals surface area contributed by atoms with Gasteiger partial charge in [-0.25, -0.2) is 4.98 Å². The molecule has 1 aromatic heterocycles. The summed E-state index contributed by atoms with van der Waals surface area (Å²) in [7, 11) is 0. The molecular formula is C17H13NOS. The van der Waals surface area contributed by atoms with Crippen LogP contribution in [-0.4, -0.2) is 4.98 Å². The molecular weight excluding hydrogens is 266 g/mol. The molecule has 0 bridgehead atoms. The SMILES string of the molecule is Cc1ccc(-c2cnc(-c3ccccc3)sc2=O)cc1. The van der Waals surface area contributed by atoms with Crippen molar-refractivity contribution in [3.63, 3.8) is 0 Å². The normalized spacial score (nSPS) is 10.4. The Kier molecular flexibility index (Phi) is 3.44. The van der Waals surface area contributed by atoms with E-state index in [9.17, 15) is 4.79 Å². The molecule has 0 atom stereocenters. The Balaban J connectivity index is 2.04. The third-order valence-electron chi connectivity index (χ3n) is 3.10. The molecule has 0 saturated heterocycles. The number of rotatable bonds is 2. The van der Waals surface area contributed by atoms with Crippen molar-refractivity contribution >= 4 is 11.3 Å². The zero-order valence-corrected chi connectivity index (χ0v) is 11.9. The van der Waals surface area contributed by atoms with E-state index in [1.54, 1.807) is 6.20 Å². The number of hydrogen-bond donors (Lipinski definition) is 0. The van der Waals surface area contributed by atoms with Crippen LogP contribution in [0.1, 0.15) is 5.56 Å². The molecule has 0 spiro atoms. The lowest BCUT2D eigenvalue weighted by molar-refractivity contribution is 1.36. The summed E-state index contributed by atoms with van der Waals surface area (Å²) < 4.78 is 0.0442. The van der Waals surface area contributed by atoms with Crippen LogP contribution in [-0.2, 0) is 0 Å². The summed E-state index contributed by atoms with van der Waals surface area (Å²) >= 11 is 1.19. The second-order valence-electron chi connectivity index (χ2n) is 4.60. The van der Waals surface area contributed by atoms with Gasteiger partial charge in [-0.3, -0.25) is 4.79 Å². The van der Waals surface area contributed by atoms with Crippen LogP contribution in [0.25, 0.3) is 21.7 Å². The first-order valence-corrected chi connectivity index (χ1v) is 7.18. The number of nitrogens with zero attached hydrogens (tertiary/aromatic N) is 1. The van der Waals surface area contributed by atoms with Crippen LogP contribution in [0.3, 0.4) is 0 Å². The highest BCUT2D eigenvalue weighted by molar-refractivity contribution is 7.12. The molecule has 2 nitrogen and oxygen atoms in total. The second kappa shape index (κ2) is 5.39. The van der Waals surface area contributed by atoms with Gasteiger partial charge in [-0.2, -0.15) is 0 Å². The predicted octanol–water partition coefficient (Wildman–Crippen LogP) is 4.15. The third kappa shape index (κ3) is 2.53. The van der Waals surface area contributed by atoms with Crippen LogP contribution < -0.4 is 4.74 Å². The number of benzene rings is 2. The lowest BCUT2D eigenvalue weighted by Crippen LogP contribution is -2.01. The van der Waals surface area contributed by atoms with Crippen molar-refractivity contribution in [3.8, 4) is 21.7 Å². The molecule has 0 unspecified atom stereocenters. The van der Waals surface area contributed by atoms with Crippen molar-refractivity contribution in [2.75, 3.05) is 0 Å². The zero-order valence-electron chi connectivity index (χ0n) is 11.0. The Hall–Kier alpha value is -2.26. The van der Waals surface area contributed by atoms with Gasteiger partial charge in [0.2, 0.25) is 4.74 Å². The quantitative estimate of drug-likeness (QED) is 0.705. The fraction of sp³-hybridized carbons (Fsp3) is 0.0588. The van der Waals surface area contributed by atoms with E-state index >= 15 is 0 Å². The summed E-state index contributed by atoms with van der Waals surface area (Å²) in [5.74, 6) is 0. The molecule has 0 aliphatic carbocycles. The summed E-state index contributed by atoms with van der Waals surface area (Å²) in [5.41, 5.74) is 3.74. The van der Waals surface area contributed by atoms with Gasteiger partial charge in [0.1, 0.15) is 5.01 Å². The highest BCUT2D eigenvalue weighted by Crippen LogP contribution is 2.22. The molecule has 20 heavy (non-hydrogen) atoms. The molecule has 0 saturated carbocycles. The number of aromatic nitrogens is 1. The van der Waals surface area contributed by atoms with Gasteiger partial charge >= 0.3 is 0 Å². The van der Waals surface area contributed by atoms with Gasteiger partial charge < -0.3 is 0 Å². The van der Waals surface area contributed by atoms with Crippen LogP contribution in [0.2, 0.25) is 0 Å². The summed E-state index contributed by atoms with van der Waals surface area (Å²) in [5, 5.41) is 0.756. The Morgan fingerprint density at radius 2 is 1.60 bits per heavy atom. The minimum absolute atomic E-state index is 0.0442. The lowest BCUT2D eigenvalue weighted by Gasteiger charge is -2.03. The highest BCUT2D eigenvalue weighted by Gasteiger charge is 2.07. The van der Waals surface area contributed by atoms with Crippen LogP contribution in [0, 0.1) is 6.92 Å². The standard InChI is InChI=1S/C17H13NOS/c1-12-7-9-13(10-8-12)15-11-18-16(20-17(15)19)14-5-3-2-4-6-14/h2-11H,1H3. The van der Waals surface area contributed by atoms with Crippen molar-refractivity contribution in [1.82, 2.24) is 4.98 Å². The smallest absolute Gasteiger partial charge is 0.243 e. The van der Waals surface area contributed by atoms with Crippen LogP contribution in [0.4, 0.5) is 0 Å². The summed E-state index contributed by atoms with van der Waals surface area (Å²) in [6, 6.07) is 17.7. The van der Waals surface area contributed by atoms with Gasteiger partial charge in [-0.05, 0) is 12.5 Å². The van der Waals surface area contributed by atoms with Gasteiger partial charge in [-0.15, -0.1) is 0 Å². The first kappa shape index (κ1) is 12.8. The van der Waals surface area contributed by atoms with Gasteiger partial charge in [0.05, 0.1) is 5.56 Å². The van der Waals surface area contributed by atoms with E-state index in [4.69, 9.17) is 0 Å². The van der Waals surface area contributed by atoms with Crippen molar-refractivity contribution in [3.05, 3.63) is 75.9 Å². The van der Waals surface area contributed by atoms with Crippen LogP contribution in [0.15, 0.2) is 65.6 Å². The first-order chi connectivity index (χ1) is 9.74. The molecule has 2 aromatic carbocycles. The Labute approximate surface area is 121 Å². The molecule has 3 rings (SSSR count). The largest absolute Gasteiger partial charge is 0.277 e. The maximum atomic E-state index is 12.3. The van der Waals surface area contributed by atoms with Crippen molar-refractivity contribution < 1.29 is 0 Å². The second-order valence-corrected chi connectivity index (χ2v) is 5.56. The van der Waals surface area contributed by atoms with E-state index in [2.05, 4.69) is 4.98 Å². The summed E-state index contributed by atoms with van der Waals surface area (Å²) in [6.07, 6.45) is 1.67. The Morgan fingerprint density at radius 1 is 0.900 bits per heavy atom.